The molecule has 1 aromatic rings. The van der Waals surface area contributed by atoms with Crippen LogP contribution in [-0.2, 0) is 33.5 Å². The van der Waals surface area contributed by atoms with Crippen LogP contribution in [0.4, 0.5) is 5.13 Å². The first-order valence-electron chi connectivity index (χ1n) is 8.89. The number of nitrogens with one attached hydrogen (secondary N) is 1. The zero-order chi connectivity index (χ0) is 22.7. The lowest BCUT2D eigenvalue weighted by atomic mass is 10.0. The van der Waals surface area contributed by atoms with Crippen molar-refractivity contribution in [2.24, 2.45) is 5.16 Å². The van der Waals surface area contributed by atoms with E-state index in [1.54, 1.807) is 0 Å². The smallest absolute Gasteiger partial charge is 0.357 e. The summed E-state index contributed by atoms with van der Waals surface area (Å²) in [6, 6.07) is -0.891. The van der Waals surface area contributed by atoms with Crippen molar-refractivity contribution in [1.82, 2.24) is 15.2 Å². The van der Waals surface area contributed by atoms with E-state index >= 15 is 0 Å². The van der Waals surface area contributed by atoms with Gasteiger partial charge in [0.05, 0.1) is 0 Å². The van der Waals surface area contributed by atoms with Gasteiger partial charge in [-0.3, -0.25) is 19.3 Å². The number of aromatic nitrogens is 1. The van der Waals surface area contributed by atoms with Crippen molar-refractivity contribution in [3.63, 3.8) is 0 Å². The number of anilines is 1. The van der Waals surface area contributed by atoms with Crippen LogP contribution in [0.3, 0.4) is 0 Å². The fourth-order valence-corrected chi connectivity index (χ4v) is 4.64. The highest BCUT2D eigenvalue weighted by Gasteiger charge is 2.53. The van der Waals surface area contributed by atoms with Crippen LogP contribution in [-0.4, -0.2) is 69.9 Å². The van der Waals surface area contributed by atoms with Crippen LogP contribution in [0.2, 0.25) is 0 Å². The number of hydrogen-bond donors (Lipinski definition) is 2. The average molecular weight is 470 g/mol. The first kappa shape index (κ1) is 22.6. The highest BCUT2D eigenvalue weighted by Crippen LogP contribution is 2.38. The summed E-state index contributed by atoms with van der Waals surface area (Å²) in [6.45, 7) is 2.57. The maximum atomic E-state index is 12.7. The molecule has 12 nitrogen and oxygen atoms in total. The first-order chi connectivity index (χ1) is 14.7. The fraction of sp³-hybridized carbons (Fsp3) is 0.412. The summed E-state index contributed by atoms with van der Waals surface area (Å²) in [5.41, 5.74) is 5.71. The number of oxime groups is 1. The number of nitrogens with zero attached hydrogens (tertiary/aromatic N) is 3. The molecule has 3 atom stereocenters. The summed E-state index contributed by atoms with van der Waals surface area (Å²) < 4.78 is 9.82. The van der Waals surface area contributed by atoms with Crippen LogP contribution in [0.15, 0.2) is 22.3 Å². The summed E-state index contributed by atoms with van der Waals surface area (Å²) in [4.78, 5) is 58.7. The van der Waals surface area contributed by atoms with E-state index in [0.29, 0.717) is 5.75 Å². The van der Waals surface area contributed by atoms with Crippen LogP contribution >= 0.6 is 23.1 Å². The van der Waals surface area contributed by atoms with Gasteiger partial charge in [0.1, 0.15) is 29.9 Å². The number of carbonyl (C=O) groups is 4. The highest BCUT2D eigenvalue weighted by atomic mass is 32.2. The molecule has 0 saturated carbocycles. The molecule has 3 heterocycles. The van der Waals surface area contributed by atoms with Crippen molar-refractivity contribution in [3.05, 3.63) is 22.8 Å². The molecule has 14 heteroatoms. The zero-order valence-electron chi connectivity index (χ0n) is 16.7. The lowest BCUT2D eigenvalue weighted by Gasteiger charge is -2.48. The normalized spacial score (nSPS) is 21.3. The maximum absolute atomic E-state index is 12.7. The van der Waals surface area contributed by atoms with Crippen molar-refractivity contribution in [2.45, 2.75) is 31.6 Å². The Hall–Kier alpha value is -3.13. The molecule has 2 amide bonds. The predicted octanol–water partition coefficient (Wildman–Crippen LogP) is -0.188. The predicted molar refractivity (Wildman–Crippen MR) is 110 cm³/mol. The molecule has 3 N–H and O–H groups in total. The molecule has 0 bridgehead atoms. The number of hydrogen-bond acceptors (Lipinski definition) is 12. The third-order valence-electron chi connectivity index (χ3n) is 4.11. The van der Waals surface area contributed by atoms with Gasteiger partial charge in [-0.2, -0.15) is 0 Å². The number of β-lactam (4-membered cyclic amide) rings is 1. The van der Waals surface area contributed by atoms with Gasteiger partial charge in [0.25, 0.3) is 11.8 Å². The number of thioether (sulfide) groups is 1. The van der Waals surface area contributed by atoms with Crippen LogP contribution in [0.5, 0.6) is 0 Å². The third kappa shape index (κ3) is 4.80. The van der Waals surface area contributed by atoms with E-state index in [9.17, 15) is 19.2 Å². The monoisotopic (exact) mass is 469 g/mol. The van der Waals surface area contributed by atoms with E-state index in [-0.39, 0.29) is 22.2 Å². The number of nitrogens with two attached hydrogens (primary N) is 1. The van der Waals surface area contributed by atoms with Gasteiger partial charge in [0, 0.05) is 25.0 Å². The number of carbonyl (C=O) groups excluding carboxylic acids is 4. The Morgan fingerprint density at radius 2 is 2.13 bits per heavy atom. The van der Waals surface area contributed by atoms with Crippen molar-refractivity contribution >= 4 is 57.7 Å². The van der Waals surface area contributed by atoms with Crippen LogP contribution in [0.1, 0.15) is 19.5 Å². The first-order valence-corrected chi connectivity index (χ1v) is 10.8. The standard InChI is InChI=1S/C17H19N5O7S2/c1-7(23)28-8(2)29-16(26)10-4-5-30-15-12(14(25)22(10)15)20-13(24)11(21-27-3)9-6-31-17(18)19-9/h4,6,8,12,15H,5H2,1-3H3,(H2,18,19)(H,20,24)/t8?,12?,15-/m0/s1. The molecule has 0 spiro atoms. The molecule has 166 valence electrons. The van der Waals surface area contributed by atoms with E-state index in [1.807, 2.05) is 0 Å². The number of nitrogen functional groups attached to an aromatic ring is 1. The average Bonchev–Trinajstić information content (AvgIpc) is 3.14. The summed E-state index contributed by atoms with van der Waals surface area (Å²) in [5, 5.41) is 7.55. The van der Waals surface area contributed by atoms with E-state index < -0.39 is 41.5 Å². The number of fused-ring (bicyclic) bond motifs is 1. The minimum absolute atomic E-state index is 0.0244. The molecule has 1 fully saturated rings. The second kappa shape index (κ2) is 9.34. The van der Waals surface area contributed by atoms with Crippen LogP contribution in [0.25, 0.3) is 0 Å². The minimum atomic E-state index is -1.11. The summed E-state index contributed by atoms with van der Waals surface area (Å²) in [6.07, 6.45) is 0.430. The second-order valence-electron chi connectivity index (χ2n) is 6.25. The van der Waals surface area contributed by atoms with Crippen molar-refractivity contribution < 1.29 is 33.5 Å². The van der Waals surface area contributed by atoms with E-state index in [4.69, 9.17) is 20.0 Å². The lowest BCUT2D eigenvalue weighted by molar-refractivity contribution is -0.182. The molecule has 1 aromatic heterocycles. The zero-order valence-corrected chi connectivity index (χ0v) is 18.3. The van der Waals surface area contributed by atoms with Gasteiger partial charge in [0.15, 0.2) is 10.8 Å². The molecule has 0 radical (unpaired) electrons. The highest BCUT2D eigenvalue weighted by molar-refractivity contribution is 8.00. The lowest BCUT2D eigenvalue weighted by Crippen LogP contribution is -2.70. The number of amides is 2. The largest absolute Gasteiger partial charge is 0.426 e. The number of esters is 2. The molecule has 0 aromatic carbocycles. The molecular formula is C17H19N5O7S2. The Labute approximate surface area is 184 Å². The Balaban J connectivity index is 1.68. The maximum Gasteiger partial charge on any atom is 0.357 e. The van der Waals surface area contributed by atoms with Crippen LogP contribution < -0.4 is 11.1 Å². The van der Waals surface area contributed by atoms with Gasteiger partial charge < -0.3 is 25.4 Å². The molecule has 31 heavy (non-hydrogen) atoms. The Morgan fingerprint density at radius 1 is 1.39 bits per heavy atom. The summed E-state index contributed by atoms with van der Waals surface area (Å²) in [5.74, 6) is -2.17. The van der Waals surface area contributed by atoms with E-state index in [2.05, 4.69) is 15.5 Å². The van der Waals surface area contributed by atoms with Crippen molar-refractivity contribution in [1.29, 1.82) is 0 Å². The van der Waals surface area contributed by atoms with Crippen molar-refractivity contribution in [3.8, 4) is 0 Å². The van der Waals surface area contributed by atoms with E-state index in [1.165, 1.54) is 49.1 Å². The minimum Gasteiger partial charge on any atom is -0.426 e. The van der Waals surface area contributed by atoms with Gasteiger partial charge in [-0.05, 0) is 6.08 Å². The second-order valence-corrected chi connectivity index (χ2v) is 8.29. The Morgan fingerprint density at radius 3 is 2.74 bits per heavy atom. The summed E-state index contributed by atoms with van der Waals surface area (Å²) in [7, 11) is 1.27. The number of rotatable bonds is 7. The molecule has 2 unspecified atom stereocenters. The van der Waals surface area contributed by atoms with E-state index in [0.717, 1.165) is 11.3 Å². The van der Waals surface area contributed by atoms with Crippen LogP contribution in [0, 0.1) is 0 Å². The molecule has 0 aliphatic carbocycles. The van der Waals surface area contributed by atoms with Gasteiger partial charge in [-0.1, -0.05) is 5.16 Å². The van der Waals surface area contributed by atoms with Gasteiger partial charge in [0.2, 0.25) is 6.29 Å². The quantitative estimate of drug-likeness (QED) is 0.180. The molecule has 3 rings (SSSR count). The third-order valence-corrected chi connectivity index (χ3v) is 5.97. The van der Waals surface area contributed by atoms with Gasteiger partial charge >= 0.3 is 11.9 Å². The molecule has 2 aliphatic rings. The van der Waals surface area contributed by atoms with Gasteiger partial charge in [-0.15, -0.1) is 23.1 Å². The topological polar surface area (TPSA) is 163 Å². The van der Waals surface area contributed by atoms with Gasteiger partial charge in [-0.25, -0.2) is 9.78 Å². The Kier molecular flexibility index (Phi) is 6.80. The van der Waals surface area contributed by atoms with Crippen molar-refractivity contribution in [2.75, 3.05) is 18.6 Å². The number of ether oxygens (including phenoxy) is 2. The Bertz CT molecular complexity index is 976. The number of thiazole rings is 1. The summed E-state index contributed by atoms with van der Waals surface area (Å²) >= 11 is 2.48. The molecule has 2 aliphatic heterocycles. The SMILES string of the molecule is CON=C(C(=O)NC1C(=O)N2C(C(=O)OC(C)OC(C)=O)=CCS[C@@H]12)c1csc(N)n1. The molecule has 1 saturated heterocycles. The molecular weight excluding hydrogens is 450 g/mol. The fourth-order valence-electron chi connectivity index (χ4n) is 2.90.